The lowest BCUT2D eigenvalue weighted by Crippen LogP contribution is -2.37. The van der Waals surface area contributed by atoms with Gasteiger partial charge in [0.05, 0.1) is 11.4 Å². The molecule has 7 heteroatoms. The monoisotopic (exact) mass is 465 g/mol. The van der Waals surface area contributed by atoms with Crippen molar-refractivity contribution in [3.8, 4) is 5.75 Å². The number of nitrogens with one attached hydrogen (secondary N) is 2. The molecule has 0 unspecified atom stereocenters. The molecule has 0 spiro atoms. The predicted octanol–water partition coefficient (Wildman–Crippen LogP) is 3.94. The first kappa shape index (κ1) is 20.1. The summed E-state index contributed by atoms with van der Waals surface area (Å²) in [5.74, 6) is 1.65. The number of methoxy groups -OCH3 is 1. The van der Waals surface area contributed by atoms with Crippen LogP contribution in [0.5, 0.6) is 5.75 Å². The third-order valence-corrected chi connectivity index (χ3v) is 4.45. The smallest absolute Gasteiger partial charge is 0.191 e. The Labute approximate surface area is 163 Å². The van der Waals surface area contributed by atoms with Crippen molar-refractivity contribution < 1.29 is 4.74 Å². The van der Waals surface area contributed by atoms with Crippen LogP contribution in [0.4, 0.5) is 0 Å². The normalized spacial score (nSPS) is 10.8. The van der Waals surface area contributed by atoms with Crippen LogP contribution in [0.2, 0.25) is 4.34 Å². The molecule has 2 aromatic rings. The van der Waals surface area contributed by atoms with E-state index in [0.717, 1.165) is 34.6 Å². The summed E-state index contributed by atoms with van der Waals surface area (Å²) in [7, 11) is 3.44. The van der Waals surface area contributed by atoms with Crippen molar-refractivity contribution in [2.75, 3.05) is 20.7 Å². The number of benzene rings is 1. The summed E-state index contributed by atoms with van der Waals surface area (Å²) >= 11 is 7.54. The van der Waals surface area contributed by atoms with Gasteiger partial charge in [-0.1, -0.05) is 29.8 Å². The third-order valence-electron chi connectivity index (χ3n) is 3.16. The van der Waals surface area contributed by atoms with Gasteiger partial charge in [0, 0.05) is 30.6 Å². The predicted molar refractivity (Wildman–Crippen MR) is 110 cm³/mol. The molecule has 126 valence electrons. The van der Waals surface area contributed by atoms with Crippen molar-refractivity contribution >= 4 is 52.9 Å². The number of ether oxygens (including phenoxy) is 1. The molecule has 0 amide bonds. The number of hydrogen-bond donors (Lipinski definition) is 2. The molecule has 1 heterocycles. The van der Waals surface area contributed by atoms with Crippen LogP contribution in [0.1, 0.15) is 10.4 Å². The summed E-state index contributed by atoms with van der Waals surface area (Å²) in [6.07, 6.45) is 0.923. The quantitative estimate of drug-likeness (QED) is 0.386. The first-order valence-corrected chi connectivity index (χ1v) is 8.23. The number of aliphatic imine (C=N–C) groups is 1. The summed E-state index contributed by atoms with van der Waals surface area (Å²) in [6, 6.07) is 11.9. The number of halogens is 2. The Kier molecular flexibility index (Phi) is 9.35. The molecular formula is C16H21ClIN3OS. The van der Waals surface area contributed by atoms with Crippen LogP contribution in [0.3, 0.4) is 0 Å². The minimum absolute atomic E-state index is 0. The van der Waals surface area contributed by atoms with Crippen LogP contribution >= 0.6 is 46.9 Å². The zero-order valence-corrected chi connectivity index (χ0v) is 17.0. The van der Waals surface area contributed by atoms with Crippen molar-refractivity contribution in [1.82, 2.24) is 10.6 Å². The Balaban J connectivity index is 0.00000264. The molecular weight excluding hydrogens is 445 g/mol. The number of rotatable bonds is 6. The fraction of sp³-hybridized carbons (Fsp3) is 0.312. The van der Waals surface area contributed by atoms with Crippen molar-refractivity contribution in [3.05, 3.63) is 51.2 Å². The van der Waals surface area contributed by atoms with Crippen LogP contribution in [-0.2, 0) is 13.0 Å². The number of hydrogen-bond acceptors (Lipinski definition) is 3. The fourth-order valence-electron chi connectivity index (χ4n) is 2.04. The van der Waals surface area contributed by atoms with Gasteiger partial charge < -0.3 is 15.4 Å². The zero-order valence-electron chi connectivity index (χ0n) is 13.1. The molecule has 0 aliphatic carbocycles. The van der Waals surface area contributed by atoms with E-state index in [2.05, 4.69) is 21.7 Å². The summed E-state index contributed by atoms with van der Waals surface area (Å²) < 4.78 is 6.17. The first-order chi connectivity index (χ1) is 10.7. The number of thiophene rings is 1. The summed E-state index contributed by atoms with van der Waals surface area (Å²) in [6.45, 7) is 1.47. The first-order valence-electron chi connectivity index (χ1n) is 7.03. The molecule has 0 aliphatic rings. The second kappa shape index (κ2) is 10.7. The van der Waals surface area contributed by atoms with Gasteiger partial charge in [-0.25, -0.2) is 0 Å². The van der Waals surface area contributed by atoms with Gasteiger partial charge >= 0.3 is 0 Å². The SMILES string of the molecule is CN=C(NCCc1ccc(Cl)s1)NCc1ccccc1OC.I. The zero-order chi connectivity index (χ0) is 15.8. The van der Waals surface area contributed by atoms with Crippen LogP contribution in [0, 0.1) is 0 Å². The lowest BCUT2D eigenvalue weighted by atomic mass is 10.2. The van der Waals surface area contributed by atoms with Crippen LogP contribution in [-0.4, -0.2) is 26.7 Å². The van der Waals surface area contributed by atoms with E-state index >= 15 is 0 Å². The highest BCUT2D eigenvalue weighted by Gasteiger charge is 2.04. The van der Waals surface area contributed by atoms with E-state index in [1.165, 1.54) is 4.88 Å². The Hall–Kier alpha value is -0.990. The summed E-state index contributed by atoms with van der Waals surface area (Å²) in [5.41, 5.74) is 1.10. The Bertz CT molecular complexity index is 633. The number of para-hydroxylation sites is 1. The molecule has 0 aliphatic heterocycles. The van der Waals surface area contributed by atoms with Crippen molar-refractivity contribution in [3.63, 3.8) is 0 Å². The minimum Gasteiger partial charge on any atom is -0.496 e. The van der Waals surface area contributed by atoms with Gasteiger partial charge in [0.1, 0.15) is 5.75 Å². The van der Waals surface area contributed by atoms with Crippen molar-refractivity contribution in [2.24, 2.45) is 4.99 Å². The number of guanidine groups is 1. The molecule has 1 aromatic carbocycles. The fourth-order valence-corrected chi connectivity index (χ4v) is 3.13. The Morgan fingerprint density at radius 1 is 1.22 bits per heavy atom. The van der Waals surface area contributed by atoms with Gasteiger partial charge in [-0.2, -0.15) is 0 Å². The van der Waals surface area contributed by atoms with Gasteiger partial charge in [0.25, 0.3) is 0 Å². The summed E-state index contributed by atoms with van der Waals surface area (Å²) in [5, 5.41) is 6.58. The van der Waals surface area contributed by atoms with E-state index in [0.29, 0.717) is 6.54 Å². The number of nitrogens with zero attached hydrogens (tertiary/aromatic N) is 1. The molecule has 0 fully saturated rings. The van der Waals surface area contributed by atoms with Gasteiger partial charge in [-0.3, -0.25) is 4.99 Å². The molecule has 0 bridgehead atoms. The maximum absolute atomic E-state index is 5.93. The van der Waals surface area contributed by atoms with E-state index < -0.39 is 0 Å². The summed E-state index contributed by atoms with van der Waals surface area (Å²) in [4.78, 5) is 5.49. The maximum Gasteiger partial charge on any atom is 0.191 e. The van der Waals surface area contributed by atoms with Crippen molar-refractivity contribution in [2.45, 2.75) is 13.0 Å². The lowest BCUT2D eigenvalue weighted by molar-refractivity contribution is 0.409. The molecule has 0 saturated heterocycles. The van der Waals surface area contributed by atoms with Crippen LogP contribution in [0.15, 0.2) is 41.4 Å². The largest absolute Gasteiger partial charge is 0.496 e. The van der Waals surface area contributed by atoms with Crippen LogP contribution < -0.4 is 15.4 Å². The molecule has 23 heavy (non-hydrogen) atoms. The highest BCUT2D eigenvalue weighted by Crippen LogP contribution is 2.21. The third kappa shape index (κ3) is 6.56. The average molecular weight is 466 g/mol. The maximum atomic E-state index is 5.93. The Morgan fingerprint density at radius 3 is 2.65 bits per heavy atom. The van der Waals surface area contributed by atoms with Gasteiger partial charge in [0.2, 0.25) is 0 Å². The average Bonchev–Trinajstić information content (AvgIpc) is 2.96. The molecule has 1 aromatic heterocycles. The second-order valence-electron chi connectivity index (χ2n) is 4.62. The second-order valence-corrected chi connectivity index (χ2v) is 6.42. The lowest BCUT2D eigenvalue weighted by Gasteiger charge is -2.13. The van der Waals surface area contributed by atoms with Crippen LogP contribution in [0.25, 0.3) is 0 Å². The minimum atomic E-state index is 0. The molecule has 4 nitrogen and oxygen atoms in total. The molecule has 2 N–H and O–H groups in total. The molecule has 2 rings (SSSR count). The van der Waals surface area contributed by atoms with E-state index in [1.807, 2.05) is 30.3 Å². The van der Waals surface area contributed by atoms with E-state index in [-0.39, 0.29) is 24.0 Å². The van der Waals surface area contributed by atoms with Gasteiger partial charge in [0.15, 0.2) is 5.96 Å². The highest BCUT2D eigenvalue weighted by molar-refractivity contribution is 14.0. The van der Waals surface area contributed by atoms with Crippen molar-refractivity contribution in [1.29, 1.82) is 0 Å². The standard InChI is InChI=1S/C16H20ClN3OS.HI/c1-18-16(19-10-9-13-7-8-15(17)22-13)20-11-12-5-3-4-6-14(12)21-2;/h3-8H,9-11H2,1-2H3,(H2,18,19,20);1H. The topological polar surface area (TPSA) is 45.7 Å². The molecule has 0 radical (unpaired) electrons. The molecule has 0 atom stereocenters. The van der Waals surface area contributed by atoms with E-state index in [9.17, 15) is 0 Å². The van der Waals surface area contributed by atoms with Gasteiger partial charge in [-0.05, 0) is 24.6 Å². The van der Waals surface area contributed by atoms with E-state index in [1.54, 1.807) is 25.5 Å². The van der Waals surface area contributed by atoms with Gasteiger partial charge in [-0.15, -0.1) is 35.3 Å². The molecule has 0 saturated carbocycles. The Morgan fingerprint density at radius 2 is 2.00 bits per heavy atom. The highest BCUT2D eigenvalue weighted by atomic mass is 127. The van der Waals surface area contributed by atoms with E-state index in [4.69, 9.17) is 16.3 Å².